The van der Waals surface area contributed by atoms with Crippen molar-refractivity contribution in [1.29, 1.82) is 0 Å². The average molecular weight is 294 g/mol. The molecule has 6 nitrogen and oxygen atoms in total. The number of hydrogen-bond acceptors (Lipinski definition) is 4. The molecule has 0 saturated heterocycles. The number of carbonyl (C=O) groups is 1. The highest BCUT2D eigenvalue weighted by molar-refractivity contribution is 8.13. The van der Waals surface area contributed by atoms with Crippen molar-refractivity contribution in [3.8, 4) is 0 Å². The van der Waals surface area contributed by atoms with Crippen LogP contribution in [0.25, 0.3) is 0 Å². The summed E-state index contributed by atoms with van der Waals surface area (Å²) in [6, 6.07) is 0. The van der Waals surface area contributed by atoms with Crippen molar-refractivity contribution in [2.45, 2.75) is 32.1 Å². The lowest BCUT2D eigenvalue weighted by molar-refractivity contribution is 0.0763. The summed E-state index contributed by atoms with van der Waals surface area (Å²) in [5.41, 5.74) is 0.214. The Balaban J connectivity index is 3.34. The van der Waals surface area contributed by atoms with Gasteiger partial charge in [-0.15, -0.1) is 0 Å². The Hall–Kier alpha value is -1.08. The summed E-state index contributed by atoms with van der Waals surface area (Å²) in [6.45, 7) is 6.33. The lowest BCUT2D eigenvalue weighted by Gasteiger charge is -2.17. The topological polar surface area (TPSA) is 83.1 Å². The van der Waals surface area contributed by atoms with Gasteiger partial charge in [0.1, 0.15) is 4.90 Å². The maximum absolute atomic E-state index is 12.1. The van der Waals surface area contributed by atoms with Crippen LogP contribution < -0.4 is 0 Å². The van der Waals surface area contributed by atoms with Crippen LogP contribution in [0, 0.1) is 0 Å². The summed E-state index contributed by atoms with van der Waals surface area (Å²) in [5.74, 6) is -0.435. The molecule has 0 fully saturated rings. The van der Waals surface area contributed by atoms with Gasteiger partial charge in [-0.2, -0.15) is 5.10 Å². The highest BCUT2D eigenvalue weighted by Gasteiger charge is 2.29. The lowest BCUT2D eigenvalue weighted by Crippen LogP contribution is -2.31. The Morgan fingerprint density at radius 1 is 1.33 bits per heavy atom. The second-order valence-electron chi connectivity index (χ2n) is 3.65. The number of aromatic nitrogens is 2. The number of nitrogens with one attached hydrogen (secondary N) is 1. The Bertz CT molecular complexity index is 535. The first-order valence-electron chi connectivity index (χ1n) is 5.67. The predicted molar refractivity (Wildman–Crippen MR) is 68.3 cm³/mol. The van der Waals surface area contributed by atoms with Gasteiger partial charge in [0.15, 0.2) is 5.69 Å². The molecule has 0 aliphatic heterocycles. The maximum atomic E-state index is 12.1. The second-order valence-corrected chi connectivity index (χ2v) is 6.15. The fourth-order valence-corrected chi connectivity index (χ4v) is 3.02. The summed E-state index contributed by atoms with van der Waals surface area (Å²) in [5, 5.41) is 6.34. The third kappa shape index (κ3) is 2.84. The zero-order valence-corrected chi connectivity index (χ0v) is 12.1. The number of hydrogen-bond donors (Lipinski definition) is 1. The van der Waals surface area contributed by atoms with E-state index in [-0.39, 0.29) is 10.6 Å². The molecular formula is C10H16ClN3O3S. The van der Waals surface area contributed by atoms with E-state index in [0.717, 1.165) is 0 Å². The smallest absolute Gasteiger partial charge is 0.275 e. The number of halogens is 1. The molecular weight excluding hydrogens is 278 g/mol. The SMILES string of the molecule is CCc1[nH]nc(C(=O)N(CC)CC)c1S(=O)(=O)Cl. The number of rotatable bonds is 5. The molecule has 0 aliphatic carbocycles. The lowest BCUT2D eigenvalue weighted by atomic mass is 10.3. The first-order valence-corrected chi connectivity index (χ1v) is 7.98. The van der Waals surface area contributed by atoms with Gasteiger partial charge in [-0.25, -0.2) is 8.42 Å². The molecule has 0 bridgehead atoms. The van der Waals surface area contributed by atoms with Crippen LogP contribution in [0.1, 0.15) is 37.0 Å². The predicted octanol–water partition coefficient (Wildman–Crippen LogP) is 1.38. The van der Waals surface area contributed by atoms with E-state index in [9.17, 15) is 13.2 Å². The molecule has 1 aromatic rings. The molecule has 0 saturated carbocycles. The third-order valence-corrected chi connectivity index (χ3v) is 4.03. The molecule has 1 aromatic heterocycles. The van der Waals surface area contributed by atoms with Crippen LogP contribution in [0.15, 0.2) is 4.90 Å². The maximum Gasteiger partial charge on any atom is 0.275 e. The molecule has 1 N–H and O–H groups in total. The molecule has 0 spiro atoms. The number of aryl methyl sites for hydroxylation is 1. The zero-order valence-electron chi connectivity index (χ0n) is 10.5. The quantitative estimate of drug-likeness (QED) is 0.831. The summed E-state index contributed by atoms with van der Waals surface area (Å²) >= 11 is 0. The van der Waals surface area contributed by atoms with Crippen LogP contribution in [-0.4, -0.2) is 42.5 Å². The number of nitrogens with zero attached hydrogens (tertiary/aromatic N) is 2. The van der Waals surface area contributed by atoms with Crippen molar-refractivity contribution < 1.29 is 13.2 Å². The fraction of sp³-hybridized carbons (Fsp3) is 0.600. The minimum atomic E-state index is -4.00. The molecule has 0 atom stereocenters. The molecule has 1 amide bonds. The van der Waals surface area contributed by atoms with Crippen LogP contribution in [0.2, 0.25) is 0 Å². The van der Waals surface area contributed by atoms with Gasteiger partial charge in [-0.05, 0) is 20.3 Å². The Kier molecular flexibility index (Phi) is 4.75. The van der Waals surface area contributed by atoms with Crippen LogP contribution in [-0.2, 0) is 15.5 Å². The monoisotopic (exact) mass is 293 g/mol. The standard InChI is InChI=1S/C10H16ClN3O3S/c1-4-7-9(18(11,16)17)8(13-12-7)10(15)14(5-2)6-3/h4-6H2,1-3H3,(H,12,13). The van der Waals surface area contributed by atoms with Crippen molar-refractivity contribution in [3.05, 3.63) is 11.4 Å². The fourth-order valence-electron chi connectivity index (χ4n) is 1.68. The van der Waals surface area contributed by atoms with Gasteiger partial charge in [0.25, 0.3) is 15.0 Å². The second kappa shape index (κ2) is 5.71. The van der Waals surface area contributed by atoms with E-state index in [1.165, 1.54) is 4.90 Å². The molecule has 8 heteroatoms. The average Bonchev–Trinajstić information content (AvgIpc) is 2.73. The number of H-pyrrole nitrogens is 1. The normalized spacial score (nSPS) is 11.6. The van der Waals surface area contributed by atoms with Crippen LogP contribution in [0.4, 0.5) is 0 Å². The van der Waals surface area contributed by atoms with Gasteiger partial charge in [-0.3, -0.25) is 9.89 Å². The van der Waals surface area contributed by atoms with Gasteiger partial charge < -0.3 is 4.90 Å². The molecule has 0 unspecified atom stereocenters. The van der Waals surface area contributed by atoms with E-state index in [1.54, 1.807) is 6.92 Å². The van der Waals surface area contributed by atoms with Gasteiger partial charge in [0.05, 0.1) is 5.69 Å². The molecule has 1 heterocycles. The summed E-state index contributed by atoms with van der Waals surface area (Å²) in [6.07, 6.45) is 0.403. The Labute approximate surface area is 111 Å². The molecule has 0 radical (unpaired) electrons. The van der Waals surface area contributed by atoms with E-state index in [4.69, 9.17) is 10.7 Å². The van der Waals surface area contributed by atoms with Gasteiger partial charge in [-0.1, -0.05) is 6.92 Å². The van der Waals surface area contributed by atoms with E-state index >= 15 is 0 Å². The zero-order chi connectivity index (χ0) is 13.9. The highest BCUT2D eigenvalue weighted by atomic mass is 35.7. The minimum Gasteiger partial charge on any atom is -0.338 e. The molecule has 1 rings (SSSR count). The Morgan fingerprint density at radius 2 is 1.89 bits per heavy atom. The molecule has 0 aromatic carbocycles. The van der Waals surface area contributed by atoms with Crippen molar-refractivity contribution in [2.24, 2.45) is 0 Å². The number of amides is 1. The minimum absolute atomic E-state index is 0.134. The largest absolute Gasteiger partial charge is 0.338 e. The first kappa shape index (κ1) is 15.0. The third-order valence-electron chi connectivity index (χ3n) is 2.64. The van der Waals surface area contributed by atoms with Crippen molar-refractivity contribution in [2.75, 3.05) is 13.1 Å². The van der Waals surface area contributed by atoms with E-state index in [0.29, 0.717) is 25.2 Å². The van der Waals surface area contributed by atoms with Crippen LogP contribution >= 0.6 is 10.7 Å². The Morgan fingerprint density at radius 3 is 2.28 bits per heavy atom. The summed E-state index contributed by atoms with van der Waals surface area (Å²) in [7, 11) is 1.37. The van der Waals surface area contributed by atoms with Crippen LogP contribution in [0.5, 0.6) is 0 Å². The molecule has 0 aliphatic rings. The summed E-state index contributed by atoms with van der Waals surface area (Å²) in [4.78, 5) is 13.4. The van der Waals surface area contributed by atoms with E-state index < -0.39 is 15.0 Å². The summed E-state index contributed by atoms with van der Waals surface area (Å²) < 4.78 is 23.1. The highest BCUT2D eigenvalue weighted by Crippen LogP contribution is 2.24. The van der Waals surface area contributed by atoms with Gasteiger partial charge in [0.2, 0.25) is 0 Å². The van der Waals surface area contributed by atoms with Crippen LogP contribution in [0.3, 0.4) is 0 Å². The van der Waals surface area contributed by atoms with Gasteiger partial charge >= 0.3 is 0 Å². The van der Waals surface area contributed by atoms with E-state index in [2.05, 4.69) is 10.2 Å². The van der Waals surface area contributed by atoms with Gasteiger partial charge in [0, 0.05) is 23.8 Å². The van der Waals surface area contributed by atoms with Crippen molar-refractivity contribution in [3.63, 3.8) is 0 Å². The number of carbonyl (C=O) groups excluding carboxylic acids is 1. The number of aromatic amines is 1. The molecule has 18 heavy (non-hydrogen) atoms. The van der Waals surface area contributed by atoms with E-state index in [1.807, 2.05) is 13.8 Å². The van der Waals surface area contributed by atoms with Crippen molar-refractivity contribution >= 4 is 25.6 Å². The molecule has 102 valence electrons. The van der Waals surface area contributed by atoms with Crippen molar-refractivity contribution in [1.82, 2.24) is 15.1 Å². The first-order chi connectivity index (χ1) is 8.36.